The van der Waals surface area contributed by atoms with Crippen molar-refractivity contribution in [1.82, 2.24) is 9.78 Å². The summed E-state index contributed by atoms with van der Waals surface area (Å²) in [5, 5.41) is 4.24. The number of hydrogen-bond acceptors (Lipinski definition) is 3. The average molecular weight is 261 g/mol. The molecule has 0 aliphatic carbocycles. The zero-order valence-corrected chi connectivity index (χ0v) is 11.4. The second kappa shape index (κ2) is 4.78. The lowest BCUT2D eigenvalue weighted by atomic mass is 10.1. The number of aromatic nitrogens is 2. The number of ether oxygens (including phenoxy) is 1. The zero-order valence-electron chi connectivity index (χ0n) is 10.6. The molecular weight excluding hydrogens is 246 g/mol. The summed E-state index contributed by atoms with van der Waals surface area (Å²) in [6.07, 6.45) is 0. The molecule has 94 valence electrons. The van der Waals surface area contributed by atoms with Gasteiger partial charge >= 0.3 is 0 Å². The van der Waals surface area contributed by atoms with Gasteiger partial charge in [0, 0.05) is 13.1 Å². The van der Waals surface area contributed by atoms with E-state index >= 15 is 0 Å². The Hall–Kier alpha value is -1.88. The lowest BCUT2D eigenvalue weighted by Crippen LogP contribution is -2.11. The van der Waals surface area contributed by atoms with E-state index < -0.39 is 0 Å². The van der Waals surface area contributed by atoms with Gasteiger partial charge in [-0.15, -0.1) is 0 Å². The van der Waals surface area contributed by atoms with Gasteiger partial charge in [0.25, 0.3) is 0 Å². The summed E-state index contributed by atoms with van der Waals surface area (Å²) in [4.78, 5) is 0.326. The van der Waals surface area contributed by atoms with Crippen molar-refractivity contribution in [3.8, 4) is 11.6 Å². The first-order valence-corrected chi connectivity index (χ1v) is 5.98. The fourth-order valence-electron chi connectivity index (χ4n) is 1.77. The standard InChI is InChI=1S/C13H15N3OS/c1-8-5-4-6-10(13(14)18)12(8)17-11-7-9(2)15-16(11)3/h4-7H,1-3H3,(H2,14,18). The molecule has 1 heterocycles. The average Bonchev–Trinajstić information content (AvgIpc) is 2.60. The number of thiocarbonyl (C=S) groups is 1. The van der Waals surface area contributed by atoms with Crippen molar-refractivity contribution >= 4 is 17.2 Å². The van der Waals surface area contributed by atoms with E-state index in [2.05, 4.69) is 5.10 Å². The van der Waals surface area contributed by atoms with Crippen molar-refractivity contribution in [2.24, 2.45) is 12.8 Å². The molecule has 4 nitrogen and oxygen atoms in total. The van der Waals surface area contributed by atoms with Crippen LogP contribution >= 0.6 is 12.2 Å². The topological polar surface area (TPSA) is 53.1 Å². The molecule has 18 heavy (non-hydrogen) atoms. The largest absolute Gasteiger partial charge is 0.438 e. The van der Waals surface area contributed by atoms with Crippen molar-refractivity contribution in [2.75, 3.05) is 0 Å². The summed E-state index contributed by atoms with van der Waals surface area (Å²) in [6, 6.07) is 7.59. The monoisotopic (exact) mass is 261 g/mol. The third kappa shape index (κ3) is 2.36. The van der Waals surface area contributed by atoms with E-state index in [1.54, 1.807) is 4.68 Å². The summed E-state index contributed by atoms with van der Waals surface area (Å²) in [6.45, 7) is 3.87. The summed E-state index contributed by atoms with van der Waals surface area (Å²) in [5.74, 6) is 1.35. The molecule has 0 fully saturated rings. The van der Waals surface area contributed by atoms with Gasteiger partial charge in [0.1, 0.15) is 10.7 Å². The Morgan fingerprint density at radius 3 is 2.67 bits per heavy atom. The van der Waals surface area contributed by atoms with Crippen LogP contribution < -0.4 is 10.5 Å². The van der Waals surface area contributed by atoms with E-state index in [9.17, 15) is 0 Å². The highest BCUT2D eigenvalue weighted by Crippen LogP contribution is 2.29. The molecular formula is C13H15N3OS. The van der Waals surface area contributed by atoms with Crippen LogP contribution in [-0.4, -0.2) is 14.8 Å². The van der Waals surface area contributed by atoms with E-state index in [4.69, 9.17) is 22.7 Å². The van der Waals surface area contributed by atoms with Crippen molar-refractivity contribution in [3.05, 3.63) is 41.1 Å². The molecule has 0 amide bonds. The number of aryl methyl sites for hydroxylation is 3. The summed E-state index contributed by atoms with van der Waals surface area (Å²) < 4.78 is 7.57. The number of hydrogen-bond donors (Lipinski definition) is 1. The number of benzene rings is 1. The molecule has 0 aliphatic rings. The molecule has 0 saturated carbocycles. The van der Waals surface area contributed by atoms with E-state index in [0.717, 1.165) is 16.8 Å². The third-order valence-electron chi connectivity index (χ3n) is 2.64. The van der Waals surface area contributed by atoms with Gasteiger partial charge in [0.15, 0.2) is 0 Å². The third-order valence-corrected chi connectivity index (χ3v) is 2.86. The molecule has 0 spiro atoms. The maximum atomic E-state index is 5.89. The first-order chi connectivity index (χ1) is 8.49. The van der Waals surface area contributed by atoms with Crippen LogP contribution in [0, 0.1) is 13.8 Å². The minimum atomic E-state index is 0.326. The molecule has 5 heteroatoms. The SMILES string of the molecule is Cc1cc(Oc2c(C)cccc2C(N)=S)n(C)n1. The highest BCUT2D eigenvalue weighted by molar-refractivity contribution is 7.80. The number of nitrogens with two attached hydrogens (primary N) is 1. The lowest BCUT2D eigenvalue weighted by Gasteiger charge is -2.12. The van der Waals surface area contributed by atoms with Gasteiger partial charge in [0.05, 0.1) is 11.3 Å². The molecule has 0 saturated heterocycles. The summed E-state index contributed by atoms with van der Waals surface area (Å²) in [7, 11) is 1.83. The second-order valence-electron chi connectivity index (χ2n) is 4.17. The lowest BCUT2D eigenvalue weighted by molar-refractivity contribution is 0.427. The fourth-order valence-corrected chi connectivity index (χ4v) is 1.93. The van der Waals surface area contributed by atoms with Gasteiger partial charge in [-0.05, 0) is 25.5 Å². The van der Waals surface area contributed by atoms with Crippen LogP contribution in [0.5, 0.6) is 11.6 Å². The van der Waals surface area contributed by atoms with E-state index in [0.29, 0.717) is 16.6 Å². The predicted octanol–water partition coefficient (Wildman–Crippen LogP) is 2.46. The molecule has 2 rings (SSSR count). The van der Waals surface area contributed by atoms with Crippen LogP contribution in [0.2, 0.25) is 0 Å². The number of nitrogens with zero attached hydrogens (tertiary/aromatic N) is 2. The number of para-hydroxylation sites is 1. The highest BCUT2D eigenvalue weighted by atomic mass is 32.1. The molecule has 1 aromatic carbocycles. The summed E-state index contributed by atoms with van der Waals surface area (Å²) >= 11 is 5.04. The Kier molecular flexibility index (Phi) is 3.34. The molecule has 0 bridgehead atoms. The minimum absolute atomic E-state index is 0.326. The van der Waals surface area contributed by atoms with Gasteiger partial charge in [-0.2, -0.15) is 5.10 Å². The zero-order chi connectivity index (χ0) is 13.3. The van der Waals surface area contributed by atoms with Crippen molar-refractivity contribution in [1.29, 1.82) is 0 Å². The van der Waals surface area contributed by atoms with Crippen LogP contribution in [0.4, 0.5) is 0 Å². The minimum Gasteiger partial charge on any atom is -0.438 e. The van der Waals surface area contributed by atoms with Crippen LogP contribution in [0.15, 0.2) is 24.3 Å². The number of rotatable bonds is 3. The fraction of sp³-hybridized carbons (Fsp3) is 0.231. The Morgan fingerprint density at radius 2 is 2.11 bits per heavy atom. The van der Waals surface area contributed by atoms with E-state index in [1.165, 1.54) is 0 Å². The predicted molar refractivity (Wildman–Crippen MR) is 75.1 cm³/mol. The molecule has 0 radical (unpaired) electrons. The normalized spacial score (nSPS) is 10.4. The van der Waals surface area contributed by atoms with Gasteiger partial charge < -0.3 is 10.5 Å². The Bertz CT molecular complexity index is 604. The van der Waals surface area contributed by atoms with Gasteiger partial charge in [-0.1, -0.05) is 24.4 Å². The van der Waals surface area contributed by atoms with Crippen molar-refractivity contribution in [2.45, 2.75) is 13.8 Å². The van der Waals surface area contributed by atoms with Crippen LogP contribution in [-0.2, 0) is 7.05 Å². The molecule has 0 atom stereocenters. The van der Waals surface area contributed by atoms with Crippen LogP contribution in [0.25, 0.3) is 0 Å². The highest BCUT2D eigenvalue weighted by Gasteiger charge is 2.12. The van der Waals surface area contributed by atoms with Crippen LogP contribution in [0.1, 0.15) is 16.8 Å². The van der Waals surface area contributed by atoms with Crippen LogP contribution in [0.3, 0.4) is 0 Å². The first-order valence-electron chi connectivity index (χ1n) is 5.57. The van der Waals surface area contributed by atoms with E-state index in [-0.39, 0.29) is 0 Å². The van der Waals surface area contributed by atoms with E-state index in [1.807, 2.05) is 45.2 Å². The molecule has 0 aliphatic heterocycles. The molecule has 0 unspecified atom stereocenters. The Labute approximate surface area is 111 Å². The Morgan fingerprint density at radius 1 is 1.39 bits per heavy atom. The molecule has 2 aromatic rings. The second-order valence-corrected chi connectivity index (χ2v) is 4.61. The first kappa shape index (κ1) is 12.6. The van der Waals surface area contributed by atoms with Gasteiger partial charge in [0.2, 0.25) is 5.88 Å². The van der Waals surface area contributed by atoms with Gasteiger partial charge in [-0.3, -0.25) is 0 Å². The van der Waals surface area contributed by atoms with Gasteiger partial charge in [-0.25, -0.2) is 4.68 Å². The molecule has 1 aromatic heterocycles. The van der Waals surface area contributed by atoms with Crippen molar-refractivity contribution in [3.63, 3.8) is 0 Å². The molecule has 2 N–H and O–H groups in total. The maximum absolute atomic E-state index is 5.89. The maximum Gasteiger partial charge on any atom is 0.217 e. The smallest absolute Gasteiger partial charge is 0.217 e. The quantitative estimate of drug-likeness (QED) is 0.862. The Balaban J connectivity index is 2.45. The van der Waals surface area contributed by atoms with Crippen molar-refractivity contribution < 1.29 is 4.74 Å². The summed E-state index contributed by atoms with van der Waals surface area (Å²) in [5.41, 5.74) is 8.34.